The summed E-state index contributed by atoms with van der Waals surface area (Å²) in [6.45, 7) is 8.06. The lowest BCUT2D eigenvalue weighted by molar-refractivity contribution is -0.144. The van der Waals surface area contributed by atoms with Gasteiger partial charge >= 0.3 is 0 Å². The fourth-order valence-corrected chi connectivity index (χ4v) is 5.58. The van der Waals surface area contributed by atoms with Gasteiger partial charge in [0.15, 0.2) is 0 Å². The van der Waals surface area contributed by atoms with Gasteiger partial charge in [0, 0.05) is 48.7 Å². The Kier molecular flexibility index (Phi) is 7.45. The quantitative estimate of drug-likeness (QED) is 0.527. The predicted octanol–water partition coefficient (Wildman–Crippen LogP) is 4.60. The minimum absolute atomic E-state index is 0.270. The molecule has 5 rings (SSSR count). The second-order valence-corrected chi connectivity index (χ2v) is 10.6. The molecule has 0 N–H and O–H groups in total. The van der Waals surface area contributed by atoms with Crippen molar-refractivity contribution >= 4 is 16.7 Å². The molecule has 0 bridgehead atoms. The standard InChI is InChI=1S/C30H37N3O2/c1-30(11-15-32(16-12-30)14-10-24-5-3-2-4-6-24)29(34)33-17-18-35-23-26(22-33)19-25-7-8-28-21-31-13-9-27(28)20-25/h2-9,13,20-21,26H,10-12,14-19,22-23H2,1H3. The number of ether oxygens (including phenoxy) is 1. The van der Waals surface area contributed by atoms with Crippen LogP contribution in [0.1, 0.15) is 30.9 Å². The van der Waals surface area contributed by atoms with Crippen LogP contribution in [0.3, 0.4) is 0 Å². The average molecular weight is 472 g/mol. The first-order chi connectivity index (χ1) is 17.1. The summed E-state index contributed by atoms with van der Waals surface area (Å²) in [6, 6.07) is 19.3. The average Bonchev–Trinajstić information content (AvgIpc) is 3.14. The summed E-state index contributed by atoms with van der Waals surface area (Å²) < 4.78 is 5.95. The zero-order valence-electron chi connectivity index (χ0n) is 20.9. The van der Waals surface area contributed by atoms with Crippen LogP contribution in [0, 0.1) is 11.3 Å². The molecule has 5 nitrogen and oxygen atoms in total. The number of nitrogens with zero attached hydrogens (tertiary/aromatic N) is 3. The summed E-state index contributed by atoms with van der Waals surface area (Å²) in [7, 11) is 0. The Morgan fingerprint density at radius 2 is 1.86 bits per heavy atom. The van der Waals surface area contributed by atoms with E-state index in [4.69, 9.17) is 4.74 Å². The van der Waals surface area contributed by atoms with Gasteiger partial charge in [-0.05, 0) is 61.4 Å². The Hall–Kier alpha value is -2.76. The first kappa shape index (κ1) is 24.0. The van der Waals surface area contributed by atoms with Crippen LogP contribution in [0.25, 0.3) is 10.8 Å². The molecule has 2 aromatic carbocycles. The van der Waals surface area contributed by atoms with Crippen molar-refractivity contribution < 1.29 is 9.53 Å². The molecule has 35 heavy (non-hydrogen) atoms. The molecule has 184 valence electrons. The van der Waals surface area contributed by atoms with Gasteiger partial charge < -0.3 is 14.5 Å². The number of rotatable bonds is 6. The third kappa shape index (κ3) is 5.91. The molecule has 2 aliphatic rings. The number of carbonyl (C=O) groups excluding carboxylic acids is 1. The monoisotopic (exact) mass is 471 g/mol. The third-order valence-corrected chi connectivity index (χ3v) is 7.89. The number of hydrogen-bond donors (Lipinski definition) is 0. The van der Waals surface area contributed by atoms with Crippen molar-refractivity contribution in [1.82, 2.24) is 14.8 Å². The third-order valence-electron chi connectivity index (χ3n) is 7.89. The fraction of sp³-hybridized carbons (Fsp3) is 0.467. The van der Waals surface area contributed by atoms with Gasteiger partial charge in [0.1, 0.15) is 0 Å². The molecule has 1 unspecified atom stereocenters. The summed E-state index contributed by atoms with van der Waals surface area (Å²) in [5.41, 5.74) is 2.41. The second-order valence-electron chi connectivity index (χ2n) is 10.6. The topological polar surface area (TPSA) is 45.7 Å². The maximum absolute atomic E-state index is 13.7. The number of likely N-dealkylation sites (tertiary alicyclic amines) is 1. The number of benzene rings is 2. The zero-order chi connectivity index (χ0) is 24.1. The van der Waals surface area contributed by atoms with Crippen LogP contribution >= 0.6 is 0 Å². The highest BCUT2D eigenvalue weighted by Gasteiger charge is 2.40. The van der Waals surface area contributed by atoms with Gasteiger partial charge in [0.25, 0.3) is 0 Å². The predicted molar refractivity (Wildman–Crippen MR) is 140 cm³/mol. The van der Waals surface area contributed by atoms with E-state index >= 15 is 0 Å². The number of carbonyl (C=O) groups is 1. The lowest BCUT2D eigenvalue weighted by Crippen LogP contribution is -2.50. The van der Waals surface area contributed by atoms with Crippen molar-refractivity contribution in [1.29, 1.82) is 0 Å². The van der Waals surface area contributed by atoms with E-state index in [9.17, 15) is 4.79 Å². The number of fused-ring (bicyclic) bond motifs is 1. The van der Waals surface area contributed by atoms with Gasteiger partial charge in [-0.3, -0.25) is 9.78 Å². The maximum atomic E-state index is 13.7. The first-order valence-corrected chi connectivity index (χ1v) is 13.1. The highest BCUT2D eigenvalue weighted by atomic mass is 16.5. The molecule has 3 heterocycles. The normalized spacial score (nSPS) is 21.1. The van der Waals surface area contributed by atoms with Crippen LogP contribution in [0.15, 0.2) is 67.0 Å². The molecule has 0 radical (unpaired) electrons. The van der Waals surface area contributed by atoms with Crippen molar-refractivity contribution in [3.63, 3.8) is 0 Å². The van der Waals surface area contributed by atoms with Crippen molar-refractivity contribution in [3.8, 4) is 0 Å². The summed E-state index contributed by atoms with van der Waals surface area (Å²) in [4.78, 5) is 22.6. The summed E-state index contributed by atoms with van der Waals surface area (Å²) in [5, 5.41) is 2.37. The van der Waals surface area contributed by atoms with Gasteiger partial charge in [0.2, 0.25) is 5.91 Å². The molecular weight excluding hydrogens is 434 g/mol. The van der Waals surface area contributed by atoms with Gasteiger partial charge in [-0.15, -0.1) is 0 Å². The van der Waals surface area contributed by atoms with Gasteiger partial charge in [-0.1, -0.05) is 55.5 Å². The van der Waals surface area contributed by atoms with E-state index < -0.39 is 0 Å². The van der Waals surface area contributed by atoms with Gasteiger partial charge in [0.05, 0.1) is 13.2 Å². The summed E-state index contributed by atoms with van der Waals surface area (Å²) in [6.07, 6.45) is 7.60. The SMILES string of the molecule is CC1(C(=O)N2CCOCC(Cc3ccc4cnccc4c3)C2)CCN(CCc2ccccc2)CC1. The molecule has 2 saturated heterocycles. The highest BCUT2D eigenvalue weighted by molar-refractivity contribution is 5.83. The van der Waals surface area contributed by atoms with Crippen LogP contribution in [-0.2, 0) is 22.4 Å². The molecule has 1 atom stereocenters. The van der Waals surface area contributed by atoms with Crippen LogP contribution in [-0.4, -0.2) is 66.6 Å². The van der Waals surface area contributed by atoms with Crippen LogP contribution < -0.4 is 0 Å². The van der Waals surface area contributed by atoms with Crippen LogP contribution in [0.4, 0.5) is 0 Å². The van der Waals surface area contributed by atoms with Crippen LogP contribution in [0.2, 0.25) is 0 Å². The fourth-order valence-electron chi connectivity index (χ4n) is 5.58. The number of aromatic nitrogens is 1. The second kappa shape index (κ2) is 10.9. The van der Waals surface area contributed by atoms with Gasteiger partial charge in [-0.25, -0.2) is 0 Å². The van der Waals surface area contributed by atoms with Crippen molar-refractivity contribution in [2.24, 2.45) is 11.3 Å². The maximum Gasteiger partial charge on any atom is 0.228 e. The molecule has 3 aromatic rings. The van der Waals surface area contributed by atoms with E-state index in [2.05, 4.69) is 76.3 Å². The molecule has 2 aliphatic heterocycles. The minimum atomic E-state index is -0.270. The summed E-state index contributed by atoms with van der Waals surface area (Å²) >= 11 is 0. The Morgan fingerprint density at radius 1 is 1.03 bits per heavy atom. The number of pyridine rings is 1. The Bertz CT molecular complexity index is 1120. The molecule has 1 aromatic heterocycles. The molecule has 2 fully saturated rings. The van der Waals surface area contributed by atoms with Crippen molar-refractivity contribution in [3.05, 3.63) is 78.1 Å². The lowest BCUT2D eigenvalue weighted by atomic mass is 9.78. The Morgan fingerprint density at radius 3 is 2.69 bits per heavy atom. The molecular formula is C30H37N3O2. The molecule has 5 heteroatoms. The highest BCUT2D eigenvalue weighted by Crippen LogP contribution is 2.34. The minimum Gasteiger partial charge on any atom is -0.379 e. The number of hydrogen-bond acceptors (Lipinski definition) is 4. The Labute approximate surface area is 209 Å². The van der Waals surface area contributed by atoms with E-state index in [1.165, 1.54) is 16.5 Å². The first-order valence-electron chi connectivity index (χ1n) is 13.1. The number of piperidine rings is 1. The van der Waals surface area contributed by atoms with E-state index in [1.807, 2.05) is 12.4 Å². The van der Waals surface area contributed by atoms with E-state index in [0.717, 1.165) is 57.2 Å². The van der Waals surface area contributed by atoms with Crippen LogP contribution in [0.5, 0.6) is 0 Å². The number of amides is 1. The molecule has 1 amide bonds. The lowest BCUT2D eigenvalue weighted by Gasteiger charge is -2.41. The smallest absolute Gasteiger partial charge is 0.228 e. The Balaban J connectivity index is 1.17. The molecule has 0 saturated carbocycles. The largest absolute Gasteiger partial charge is 0.379 e. The zero-order valence-corrected chi connectivity index (χ0v) is 20.9. The van der Waals surface area contributed by atoms with E-state index in [-0.39, 0.29) is 5.41 Å². The van der Waals surface area contributed by atoms with E-state index in [0.29, 0.717) is 31.6 Å². The van der Waals surface area contributed by atoms with Crippen molar-refractivity contribution in [2.45, 2.75) is 32.6 Å². The van der Waals surface area contributed by atoms with Gasteiger partial charge in [-0.2, -0.15) is 0 Å². The molecule has 0 aliphatic carbocycles. The summed E-state index contributed by atoms with van der Waals surface area (Å²) in [5.74, 6) is 0.635. The van der Waals surface area contributed by atoms with Crippen molar-refractivity contribution in [2.75, 3.05) is 45.9 Å². The van der Waals surface area contributed by atoms with E-state index in [1.54, 1.807) is 0 Å². The molecule has 0 spiro atoms.